The maximum atomic E-state index is 12.7. The second kappa shape index (κ2) is 6.39. The zero-order valence-electron chi connectivity index (χ0n) is 10.9. The fraction of sp³-hybridized carbons (Fsp3) is 0.364. The highest BCUT2D eigenvalue weighted by Gasteiger charge is 2.33. The van der Waals surface area contributed by atoms with Crippen molar-refractivity contribution >= 4 is 17.6 Å². The lowest BCUT2D eigenvalue weighted by atomic mass is 10.2. The van der Waals surface area contributed by atoms with E-state index in [9.17, 15) is 22.8 Å². The van der Waals surface area contributed by atoms with Gasteiger partial charge in [0, 0.05) is 12.1 Å². The van der Waals surface area contributed by atoms with Crippen LogP contribution < -0.4 is 22.1 Å². The molecule has 0 aliphatic heterocycles. The van der Waals surface area contributed by atoms with Gasteiger partial charge in [-0.15, -0.1) is 0 Å². The minimum absolute atomic E-state index is 0.130. The standard InChI is InChI=1S/C11H14F3N5O2/c12-11(13,14)7-2-1-6(3-15)10(18-7)19(4-8(16)20)5-9(17)21/h1-2H,3-5,15H2,(H2,16,20)(H2,17,21). The molecule has 0 spiro atoms. The van der Waals surface area contributed by atoms with E-state index >= 15 is 0 Å². The highest BCUT2D eigenvalue weighted by Crippen LogP contribution is 2.30. The third kappa shape index (κ3) is 4.60. The molecule has 1 aromatic heterocycles. The summed E-state index contributed by atoms with van der Waals surface area (Å²) in [6.45, 7) is -1.15. The van der Waals surface area contributed by atoms with E-state index in [4.69, 9.17) is 17.2 Å². The largest absolute Gasteiger partial charge is 0.433 e. The molecule has 0 atom stereocenters. The van der Waals surface area contributed by atoms with E-state index in [1.807, 2.05) is 0 Å². The molecular weight excluding hydrogens is 291 g/mol. The number of rotatable bonds is 6. The summed E-state index contributed by atoms with van der Waals surface area (Å²) in [7, 11) is 0. The first-order valence-corrected chi connectivity index (χ1v) is 5.74. The van der Waals surface area contributed by atoms with Crippen LogP contribution in [-0.2, 0) is 22.3 Å². The third-order valence-corrected chi connectivity index (χ3v) is 2.46. The van der Waals surface area contributed by atoms with Crippen molar-refractivity contribution in [3.05, 3.63) is 23.4 Å². The van der Waals surface area contributed by atoms with Crippen LogP contribution in [0.1, 0.15) is 11.3 Å². The summed E-state index contributed by atoms with van der Waals surface area (Å²) in [5, 5.41) is 0. The molecule has 0 aliphatic carbocycles. The number of halogens is 3. The summed E-state index contributed by atoms with van der Waals surface area (Å²) >= 11 is 0. The van der Waals surface area contributed by atoms with Crippen LogP contribution >= 0.6 is 0 Å². The average molecular weight is 305 g/mol. The molecule has 1 heterocycles. The Morgan fingerprint density at radius 1 is 1.14 bits per heavy atom. The van der Waals surface area contributed by atoms with Gasteiger partial charge in [-0.2, -0.15) is 13.2 Å². The van der Waals surface area contributed by atoms with Crippen molar-refractivity contribution in [1.29, 1.82) is 0 Å². The number of aromatic nitrogens is 1. The number of pyridine rings is 1. The van der Waals surface area contributed by atoms with E-state index in [1.54, 1.807) is 0 Å². The van der Waals surface area contributed by atoms with Crippen molar-refractivity contribution in [3.8, 4) is 0 Å². The molecule has 0 saturated carbocycles. The number of hydrogen-bond donors (Lipinski definition) is 3. The van der Waals surface area contributed by atoms with Crippen LogP contribution in [0, 0.1) is 0 Å². The second-order valence-corrected chi connectivity index (χ2v) is 4.17. The minimum atomic E-state index is -4.67. The van der Waals surface area contributed by atoms with Gasteiger partial charge in [-0.1, -0.05) is 6.07 Å². The molecule has 0 aromatic carbocycles. The van der Waals surface area contributed by atoms with Gasteiger partial charge in [-0.05, 0) is 6.07 Å². The molecular formula is C11H14F3N5O2. The van der Waals surface area contributed by atoms with Gasteiger partial charge in [0.25, 0.3) is 0 Å². The van der Waals surface area contributed by atoms with E-state index in [-0.39, 0.29) is 17.9 Å². The zero-order valence-corrected chi connectivity index (χ0v) is 10.9. The monoisotopic (exact) mass is 305 g/mol. The highest BCUT2D eigenvalue weighted by molar-refractivity contribution is 5.84. The fourth-order valence-electron chi connectivity index (χ4n) is 1.65. The minimum Gasteiger partial charge on any atom is -0.368 e. The first-order chi connectivity index (χ1) is 9.65. The molecule has 6 N–H and O–H groups in total. The molecule has 0 radical (unpaired) electrons. The molecule has 0 aliphatic rings. The Morgan fingerprint density at radius 2 is 1.67 bits per heavy atom. The molecule has 10 heteroatoms. The van der Waals surface area contributed by atoms with Gasteiger partial charge >= 0.3 is 6.18 Å². The van der Waals surface area contributed by atoms with Gasteiger partial charge in [0.05, 0.1) is 13.1 Å². The first-order valence-electron chi connectivity index (χ1n) is 5.74. The molecule has 2 amide bonds. The van der Waals surface area contributed by atoms with Crippen LogP contribution in [0.5, 0.6) is 0 Å². The predicted octanol–water partition coefficient (Wildman–Crippen LogP) is -0.664. The summed E-state index contributed by atoms with van der Waals surface area (Å²) in [4.78, 5) is 26.4. The number of hydrogen-bond acceptors (Lipinski definition) is 5. The number of anilines is 1. The van der Waals surface area contributed by atoms with E-state index < -0.39 is 36.8 Å². The average Bonchev–Trinajstić information content (AvgIpc) is 2.35. The molecule has 0 saturated heterocycles. The fourth-order valence-corrected chi connectivity index (χ4v) is 1.65. The normalized spacial score (nSPS) is 11.2. The van der Waals surface area contributed by atoms with Crippen molar-refractivity contribution in [2.45, 2.75) is 12.7 Å². The van der Waals surface area contributed by atoms with Crippen molar-refractivity contribution in [3.63, 3.8) is 0 Å². The third-order valence-electron chi connectivity index (χ3n) is 2.46. The van der Waals surface area contributed by atoms with Crippen LogP contribution in [0.4, 0.5) is 19.0 Å². The number of nitrogens with zero attached hydrogens (tertiary/aromatic N) is 2. The maximum Gasteiger partial charge on any atom is 0.433 e. The van der Waals surface area contributed by atoms with Crippen LogP contribution in [-0.4, -0.2) is 29.9 Å². The summed E-state index contributed by atoms with van der Waals surface area (Å²) in [5.74, 6) is -1.94. The molecule has 0 fully saturated rings. The van der Waals surface area contributed by atoms with E-state index in [2.05, 4.69) is 4.98 Å². The molecule has 1 aromatic rings. The van der Waals surface area contributed by atoms with Crippen molar-refractivity contribution in [2.75, 3.05) is 18.0 Å². The Labute approximate surface area is 117 Å². The predicted molar refractivity (Wildman–Crippen MR) is 67.7 cm³/mol. The van der Waals surface area contributed by atoms with Gasteiger partial charge in [-0.25, -0.2) is 4.98 Å². The molecule has 0 unspecified atom stereocenters. The van der Waals surface area contributed by atoms with E-state index in [1.165, 1.54) is 0 Å². The maximum absolute atomic E-state index is 12.7. The van der Waals surface area contributed by atoms with E-state index in [0.29, 0.717) is 0 Å². The quantitative estimate of drug-likeness (QED) is 0.642. The SMILES string of the molecule is NCc1ccc(C(F)(F)F)nc1N(CC(N)=O)CC(N)=O. The van der Waals surface area contributed by atoms with Crippen LogP contribution in [0.25, 0.3) is 0 Å². The van der Waals surface area contributed by atoms with Crippen molar-refractivity contribution < 1.29 is 22.8 Å². The summed E-state index contributed by atoms with van der Waals surface area (Å²) in [6.07, 6.45) is -4.67. The highest BCUT2D eigenvalue weighted by atomic mass is 19.4. The molecule has 21 heavy (non-hydrogen) atoms. The number of amides is 2. The van der Waals surface area contributed by atoms with Crippen LogP contribution in [0.3, 0.4) is 0 Å². The Balaban J connectivity index is 3.31. The number of nitrogens with two attached hydrogens (primary N) is 3. The lowest BCUT2D eigenvalue weighted by Crippen LogP contribution is -2.41. The number of carbonyl (C=O) groups excluding carboxylic acids is 2. The van der Waals surface area contributed by atoms with Crippen molar-refractivity contribution in [1.82, 2.24) is 4.98 Å². The molecule has 116 valence electrons. The van der Waals surface area contributed by atoms with E-state index in [0.717, 1.165) is 17.0 Å². The second-order valence-electron chi connectivity index (χ2n) is 4.17. The van der Waals surface area contributed by atoms with Gasteiger partial charge < -0.3 is 22.1 Å². The number of primary amides is 2. The number of alkyl halides is 3. The number of carbonyl (C=O) groups is 2. The lowest BCUT2D eigenvalue weighted by Gasteiger charge is -2.23. The van der Waals surface area contributed by atoms with Crippen LogP contribution in [0.15, 0.2) is 12.1 Å². The molecule has 7 nitrogen and oxygen atoms in total. The van der Waals surface area contributed by atoms with Crippen molar-refractivity contribution in [2.24, 2.45) is 17.2 Å². The summed E-state index contributed by atoms with van der Waals surface area (Å²) in [5.41, 5.74) is 14.5. The molecule has 1 rings (SSSR count). The Kier molecular flexibility index (Phi) is 5.08. The van der Waals surface area contributed by atoms with Gasteiger partial charge in [-0.3, -0.25) is 9.59 Å². The topological polar surface area (TPSA) is 128 Å². The Bertz CT molecular complexity index is 531. The molecule has 0 bridgehead atoms. The summed E-state index contributed by atoms with van der Waals surface area (Å²) in [6, 6.07) is 1.89. The lowest BCUT2D eigenvalue weighted by molar-refractivity contribution is -0.141. The smallest absolute Gasteiger partial charge is 0.368 e. The van der Waals surface area contributed by atoms with Gasteiger partial charge in [0.2, 0.25) is 11.8 Å². The van der Waals surface area contributed by atoms with Crippen LogP contribution in [0.2, 0.25) is 0 Å². The first kappa shape index (κ1) is 16.7. The Morgan fingerprint density at radius 3 is 2.05 bits per heavy atom. The summed E-state index contributed by atoms with van der Waals surface area (Å²) < 4.78 is 38.1. The van der Waals surface area contributed by atoms with Gasteiger partial charge in [0.1, 0.15) is 11.5 Å². The Hall–Kier alpha value is -2.36. The van der Waals surface area contributed by atoms with Gasteiger partial charge in [0.15, 0.2) is 0 Å². The zero-order chi connectivity index (χ0) is 16.2.